The highest BCUT2D eigenvalue weighted by molar-refractivity contribution is 6.32. The zero-order valence-electron chi connectivity index (χ0n) is 21.7. The number of aromatic nitrogens is 2. The fraction of sp³-hybridized carbons (Fsp3) is 0.200. The lowest BCUT2D eigenvalue weighted by molar-refractivity contribution is 0.208. The Labute approximate surface area is 237 Å². The summed E-state index contributed by atoms with van der Waals surface area (Å²) in [5.74, 6) is 1.01. The lowest BCUT2D eigenvalue weighted by atomic mass is 10.0. The Kier molecular flexibility index (Phi) is 7.08. The van der Waals surface area contributed by atoms with Gasteiger partial charge in [0.05, 0.1) is 17.8 Å². The van der Waals surface area contributed by atoms with E-state index in [9.17, 15) is 4.79 Å². The average Bonchev–Trinajstić information content (AvgIpc) is 2.98. The number of anilines is 6. The minimum atomic E-state index is -0.158. The molecule has 6 rings (SSSR count). The third kappa shape index (κ3) is 5.63. The van der Waals surface area contributed by atoms with E-state index in [1.54, 1.807) is 30.5 Å². The van der Waals surface area contributed by atoms with E-state index in [0.717, 1.165) is 29.9 Å². The first-order valence-electron chi connectivity index (χ1n) is 13.1. The number of hydrogen-bond acceptors (Lipinski definition) is 7. The number of aryl methyl sites for hydroxylation is 2. The molecule has 1 saturated heterocycles. The molecule has 6 bridgehead atoms. The molecule has 40 heavy (non-hydrogen) atoms. The van der Waals surface area contributed by atoms with Crippen molar-refractivity contribution in [3.05, 3.63) is 94.6 Å². The highest BCUT2D eigenvalue weighted by Gasteiger charge is 2.23. The van der Waals surface area contributed by atoms with Crippen LogP contribution in [0.2, 0.25) is 5.02 Å². The number of rotatable bonds is 2. The fourth-order valence-electron chi connectivity index (χ4n) is 5.06. The van der Waals surface area contributed by atoms with Crippen LogP contribution in [-0.4, -0.2) is 47.1 Å². The van der Waals surface area contributed by atoms with Crippen molar-refractivity contribution in [2.75, 3.05) is 47.0 Å². The van der Waals surface area contributed by atoms with Crippen LogP contribution in [0.1, 0.15) is 16.7 Å². The second-order valence-corrected chi connectivity index (χ2v) is 10.2. The maximum Gasteiger partial charge on any atom is 0.321 e. The summed E-state index contributed by atoms with van der Waals surface area (Å²) in [5.41, 5.74) is 6.53. The van der Waals surface area contributed by atoms with Crippen LogP contribution in [0, 0.1) is 11.3 Å². The van der Waals surface area contributed by atoms with Crippen molar-refractivity contribution in [3.63, 3.8) is 0 Å². The van der Waals surface area contributed by atoms with Crippen LogP contribution < -0.4 is 20.9 Å². The number of benzene rings is 3. The van der Waals surface area contributed by atoms with Crippen LogP contribution in [0.15, 0.2) is 72.9 Å². The van der Waals surface area contributed by atoms with Crippen LogP contribution in [0.25, 0.3) is 0 Å². The number of nitrogens with zero attached hydrogens (tertiary/aromatic N) is 5. The van der Waals surface area contributed by atoms with Gasteiger partial charge in [-0.05, 0) is 72.5 Å². The molecular weight excluding hydrogens is 524 g/mol. The van der Waals surface area contributed by atoms with Gasteiger partial charge in [-0.25, -0.2) is 9.78 Å². The monoisotopic (exact) mass is 550 g/mol. The average molecular weight is 551 g/mol. The lowest BCUT2D eigenvalue weighted by Crippen LogP contribution is -2.50. The molecule has 0 aliphatic carbocycles. The first kappa shape index (κ1) is 25.5. The highest BCUT2D eigenvalue weighted by atomic mass is 35.5. The van der Waals surface area contributed by atoms with Gasteiger partial charge in [-0.2, -0.15) is 10.2 Å². The minimum Gasteiger partial charge on any atom is -0.368 e. The number of nitriles is 1. The molecule has 4 aromatic rings. The molecule has 0 unspecified atom stereocenters. The molecule has 200 valence electrons. The molecule has 3 aromatic carbocycles. The van der Waals surface area contributed by atoms with Gasteiger partial charge in [-0.15, -0.1) is 0 Å². The maximum atomic E-state index is 12.9. The fourth-order valence-corrected chi connectivity index (χ4v) is 5.19. The normalized spacial score (nSPS) is 14.4. The van der Waals surface area contributed by atoms with E-state index < -0.39 is 0 Å². The van der Waals surface area contributed by atoms with E-state index in [-0.39, 0.29) is 6.03 Å². The second-order valence-electron chi connectivity index (χ2n) is 9.78. The predicted octanol–water partition coefficient (Wildman–Crippen LogP) is 5.94. The Balaban J connectivity index is 1.21. The van der Waals surface area contributed by atoms with E-state index in [1.807, 2.05) is 23.1 Å². The Hall–Kier alpha value is -4.81. The van der Waals surface area contributed by atoms with Crippen molar-refractivity contribution in [3.8, 4) is 6.07 Å². The minimum absolute atomic E-state index is 0.158. The number of carbonyl (C=O) groups excluding carboxylic acids is 1. The van der Waals surface area contributed by atoms with Gasteiger partial charge < -0.3 is 25.8 Å². The van der Waals surface area contributed by atoms with Crippen LogP contribution in [0.5, 0.6) is 0 Å². The van der Waals surface area contributed by atoms with Crippen LogP contribution in [0.3, 0.4) is 0 Å². The number of urea groups is 1. The molecule has 0 spiro atoms. The van der Waals surface area contributed by atoms with Crippen LogP contribution in [0.4, 0.5) is 39.3 Å². The summed E-state index contributed by atoms with van der Waals surface area (Å²) in [7, 11) is 0. The quantitative estimate of drug-likeness (QED) is 0.283. The van der Waals surface area contributed by atoms with Crippen LogP contribution >= 0.6 is 11.6 Å². The van der Waals surface area contributed by atoms with Gasteiger partial charge in [0.1, 0.15) is 5.02 Å². The standard InChI is InChI=1S/C30H27ClN8O/c31-26-19-33-29-35-23-5-1-3-20(15-23)7-8-22-17-25(34-28(26)37-29)9-10-27(22)38-11-13-39(14-12-38)30(40)36-24-6-2-4-21(16-24)18-32/h1-6,9-10,15-17,19H,7-8,11-14H2,(H,36,40)(H2,33,34,35,37). The SMILES string of the molecule is N#Cc1cccc(NC(=O)N2CCN(c3ccc4cc3CCc3cccc(c3)Nc3ncc(Cl)c(n3)N4)CC2)c1. The Morgan fingerprint density at radius 3 is 2.62 bits per heavy atom. The summed E-state index contributed by atoms with van der Waals surface area (Å²) in [6, 6.07) is 23.5. The zero-order valence-corrected chi connectivity index (χ0v) is 22.4. The molecule has 10 heteroatoms. The number of hydrogen-bond donors (Lipinski definition) is 3. The van der Waals surface area contributed by atoms with E-state index in [1.165, 1.54) is 11.1 Å². The van der Waals surface area contributed by atoms with Gasteiger partial charge in [0.2, 0.25) is 5.95 Å². The summed E-state index contributed by atoms with van der Waals surface area (Å²) in [5, 5.41) is 19.1. The Morgan fingerprint density at radius 1 is 0.950 bits per heavy atom. The smallest absolute Gasteiger partial charge is 0.321 e. The summed E-state index contributed by atoms with van der Waals surface area (Å²) in [6.45, 7) is 2.62. The summed E-state index contributed by atoms with van der Waals surface area (Å²) in [6.07, 6.45) is 3.31. The number of fused-ring (bicyclic) bond motifs is 6. The van der Waals surface area contributed by atoms with E-state index in [2.05, 4.69) is 61.2 Å². The Morgan fingerprint density at radius 2 is 1.77 bits per heavy atom. The van der Waals surface area contributed by atoms with Crippen molar-refractivity contribution in [2.24, 2.45) is 0 Å². The summed E-state index contributed by atoms with van der Waals surface area (Å²) < 4.78 is 0. The maximum absolute atomic E-state index is 12.9. The predicted molar refractivity (Wildman–Crippen MR) is 158 cm³/mol. The molecule has 9 nitrogen and oxygen atoms in total. The number of halogens is 1. The first-order chi connectivity index (χ1) is 19.5. The molecule has 2 aliphatic rings. The third-order valence-corrected chi connectivity index (χ3v) is 7.38. The van der Waals surface area contributed by atoms with Gasteiger partial charge in [0, 0.05) is 48.9 Å². The molecule has 0 atom stereocenters. The number of nitrogens with one attached hydrogen (secondary N) is 3. The number of carbonyl (C=O) groups is 1. The van der Waals surface area contributed by atoms with Gasteiger partial charge in [-0.1, -0.05) is 29.8 Å². The zero-order chi connectivity index (χ0) is 27.5. The Bertz CT molecular complexity index is 1610. The molecule has 0 saturated carbocycles. The first-order valence-corrected chi connectivity index (χ1v) is 13.5. The van der Waals surface area contributed by atoms with Crippen molar-refractivity contribution in [1.29, 1.82) is 5.26 Å². The third-order valence-electron chi connectivity index (χ3n) is 7.10. The van der Waals surface area contributed by atoms with Crippen molar-refractivity contribution < 1.29 is 4.79 Å². The van der Waals surface area contributed by atoms with E-state index in [4.69, 9.17) is 16.9 Å². The molecule has 2 amide bonds. The van der Waals surface area contributed by atoms with Gasteiger partial charge in [0.25, 0.3) is 0 Å². The molecular formula is C30H27ClN8O. The molecule has 3 N–H and O–H groups in total. The van der Waals surface area contributed by atoms with E-state index >= 15 is 0 Å². The summed E-state index contributed by atoms with van der Waals surface area (Å²) in [4.78, 5) is 26.0. The molecule has 3 heterocycles. The lowest BCUT2D eigenvalue weighted by Gasteiger charge is -2.37. The molecule has 2 aliphatic heterocycles. The van der Waals surface area contributed by atoms with Crippen molar-refractivity contribution in [1.82, 2.24) is 14.9 Å². The number of amides is 2. The van der Waals surface area contributed by atoms with Gasteiger partial charge in [0.15, 0.2) is 5.82 Å². The van der Waals surface area contributed by atoms with Crippen LogP contribution in [-0.2, 0) is 12.8 Å². The highest BCUT2D eigenvalue weighted by Crippen LogP contribution is 2.31. The second kappa shape index (κ2) is 11.1. The van der Waals surface area contributed by atoms with E-state index in [0.29, 0.717) is 54.2 Å². The molecule has 1 aromatic heterocycles. The molecule has 1 fully saturated rings. The van der Waals surface area contributed by atoms with Crippen molar-refractivity contribution in [2.45, 2.75) is 12.8 Å². The summed E-state index contributed by atoms with van der Waals surface area (Å²) >= 11 is 6.42. The van der Waals surface area contributed by atoms with Crippen molar-refractivity contribution >= 4 is 52.1 Å². The number of piperazine rings is 1. The van der Waals surface area contributed by atoms with Gasteiger partial charge in [-0.3, -0.25) is 0 Å². The topological polar surface area (TPSA) is 109 Å². The largest absolute Gasteiger partial charge is 0.368 e. The van der Waals surface area contributed by atoms with Gasteiger partial charge >= 0.3 is 6.03 Å². The molecule has 0 radical (unpaired) electrons.